The predicted octanol–water partition coefficient (Wildman–Crippen LogP) is 5.94. The van der Waals surface area contributed by atoms with E-state index in [-0.39, 0.29) is 10.8 Å². The van der Waals surface area contributed by atoms with Gasteiger partial charge in [0.2, 0.25) is 0 Å². The largest absolute Gasteiger partial charge is 0.318 e. The summed E-state index contributed by atoms with van der Waals surface area (Å²) < 4.78 is 2.92. The number of nitrogens with zero attached hydrogens (tertiary/aromatic N) is 1. The minimum atomic E-state index is 0.270. The zero-order chi connectivity index (χ0) is 15.6. The van der Waals surface area contributed by atoms with E-state index in [1.54, 1.807) is 22.4 Å². The van der Waals surface area contributed by atoms with Gasteiger partial charge in [0.05, 0.1) is 10.4 Å². The average molecular weight is 306 g/mol. The number of allylic oxidation sites excluding steroid dienone is 3. The highest BCUT2D eigenvalue weighted by molar-refractivity contribution is 7.99. The SMILES string of the molecule is CN1SC2(CCCC2)C2=C(C(C)(C)C)CC(C(C)(C)C)=C21. The molecule has 0 aromatic carbocycles. The second-order valence-corrected chi connectivity index (χ2v) is 10.7. The molecule has 2 heteroatoms. The van der Waals surface area contributed by atoms with E-state index >= 15 is 0 Å². The van der Waals surface area contributed by atoms with Crippen LogP contribution in [0.2, 0.25) is 0 Å². The van der Waals surface area contributed by atoms with Crippen LogP contribution in [0.5, 0.6) is 0 Å². The molecule has 3 aliphatic rings. The number of hydrogen-bond donors (Lipinski definition) is 0. The van der Waals surface area contributed by atoms with Gasteiger partial charge in [-0.2, -0.15) is 0 Å². The van der Waals surface area contributed by atoms with Crippen LogP contribution in [0.4, 0.5) is 0 Å². The zero-order valence-electron chi connectivity index (χ0n) is 14.9. The molecule has 1 aliphatic heterocycles. The van der Waals surface area contributed by atoms with Crippen molar-refractivity contribution >= 4 is 11.9 Å². The fourth-order valence-electron chi connectivity index (χ4n) is 4.38. The van der Waals surface area contributed by atoms with E-state index in [0.717, 1.165) is 0 Å². The molecule has 1 spiro atoms. The second kappa shape index (κ2) is 4.57. The standard InChI is InChI=1S/C19H31NS/c1-17(2,3)13-12-14(18(4,5)6)16-15(13)19(21-20(16)7)10-8-9-11-19/h8-12H2,1-7H3. The fourth-order valence-corrected chi connectivity index (χ4v) is 5.98. The Bertz CT molecular complexity index is 519. The molecule has 0 radical (unpaired) electrons. The van der Waals surface area contributed by atoms with Gasteiger partial charge in [-0.3, -0.25) is 0 Å². The summed E-state index contributed by atoms with van der Waals surface area (Å²) in [6.07, 6.45) is 6.75. The summed E-state index contributed by atoms with van der Waals surface area (Å²) in [6.45, 7) is 14.4. The van der Waals surface area contributed by atoms with Crippen LogP contribution in [0.25, 0.3) is 0 Å². The first kappa shape index (κ1) is 15.5. The Kier molecular flexibility index (Phi) is 3.37. The van der Waals surface area contributed by atoms with Crippen molar-refractivity contribution in [3.8, 4) is 0 Å². The average Bonchev–Trinajstić information content (AvgIpc) is 2.94. The van der Waals surface area contributed by atoms with Gasteiger partial charge in [0.1, 0.15) is 0 Å². The molecule has 21 heavy (non-hydrogen) atoms. The van der Waals surface area contributed by atoms with E-state index in [1.165, 1.54) is 32.1 Å². The third-order valence-corrected chi connectivity index (χ3v) is 6.90. The smallest absolute Gasteiger partial charge is 0.0628 e. The van der Waals surface area contributed by atoms with E-state index < -0.39 is 0 Å². The summed E-state index contributed by atoms with van der Waals surface area (Å²) in [5.41, 5.74) is 7.29. The van der Waals surface area contributed by atoms with Gasteiger partial charge in [0.25, 0.3) is 0 Å². The molecule has 0 aromatic heterocycles. The van der Waals surface area contributed by atoms with E-state index in [9.17, 15) is 0 Å². The topological polar surface area (TPSA) is 3.24 Å². The molecular weight excluding hydrogens is 274 g/mol. The zero-order valence-corrected chi connectivity index (χ0v) is 15.7. The predicted molar refractivity (Wildman–Crippen MR) is 94.1 cm³/mol. The van der Waals surface area contributed by atoms with Gasteiger partial charge in [-0.15, -0.1) is 0 Å². The minimum Gasteiger partial charge on any atom is -0.318 e. The normalized spacial score (nSPS) is 25.6. The fraction of sp³-hybridized carbons (Fsp3) is 0.789. The van der Waals surface area contributed by atoms with Crippen molar-refractivity contribution in [1.82, 2.24) is 4.31 Å². The summed E-state index contributed by atoms with van der Waals surface area (Å²) in [6, 6.07) is 0. The van der Waals surface area contributed by atoms with Gasteiger partial charge in [-0.1, -0.05) is 60.0 Å². The van der Waals surface area contributed by atoms with Crippen molar-refractivity contribution < 1.29 is 0 Å². The van der Waals surface area contributed by atoms with Gasteiger partial charge in [0, 0.05) is 7.05 Å². The Morgan fingerprint density at radius 2 is 1.43 bits per heavy atom. The van der Waals surface area contributed by atoms with Crippen LogP contribution in [0.1, 0.15) is 73.6 Å². The Morgan fingerprint density at radius 3 is 1.90 bits per heavy atom. The van der Waals surface area contributed by atoms with E-state index in [4.69, 9.17) is 0 Å². The highest BCUT2D eigenvalue weighted by atomic mass is 32.2. The van der Waals surface area contributed by atoms with Crippen LogP contribution in [0.3, 0.4) is 0 Å². The van der Waals surface area contributed by atoms with E-state index in [1.807, 2.05) is 0 Å². The molecule has 1 saturated carbocycles. The molecule has 3 rings (SSSR count). The maximum Gasteiger partial charge on any atom is 0.0628 e. The molecule has 0 unspecified atom stereocenters. The van der Waals surface area contributed by atoms with Gasteiger partial charge < -0.3 is 4.31 Å². The van der Waals surface area contributed by atoms with E-state index in [0.29, 0.717) is 4.75 Å². The quantitative estimate of drug-likeness (QED) is 0.509. The molecule has 118 valence electrons. The van der Waals surface area contributed by atoms with Crippen LogP contribution in [-0.4, -0.2) is 16.1 Å². The molecule has 0 N–H and O–H groups in total. The van der Waals surface area contributed by atoms with Gasteiger partial charge in [-0.05, 0) is 53.2 Å². The van der Waals surface area contributed by atoms with Crippen LogP contribution in [-0.2, 0) is 0 Å². The number of rotatable bonds is 0. The third-order valence-electron chi connectivity index (χ3n) is 5.48. The third kappa shape index (κ3) is 2.29. The summed E-state index contributed by atoms with van der Waals surface area (Å²) >= 11 is 2.12. The summed E-state index contributed by atoms with van der Waals surface area (Å²) in [5, 5.41) is 0. The first-order chi connectivity index (χ1) is 9.56. The first-order valence-electron chi connectivity index (χ1n) is 8.47. The van der Waals surface area contributed by atoms with Crippen LogP contribution < -0.4 is 0 Å². The first-order valence-corrected chi connectivity index (χ1v) is 9.25. The Hall–Kier alpha value is -0.370. The van der Waals surface area contributed by atoms with E-state index in [2.05, 4.69) is 64.8 Å². The molecule has 2 aliphatic carbocycles. The molecule has 1 heterocycles. The Morgan fingerprint density at radius 1 is 0.905 bits per heavy atom. The highest BCUT2D eigenvalue weighted by Crippen LogP contribution is 2.64. The van der Waals surface area contributed by atoms with Crippen molar-refractivity contribution in [3.05, 3.63) is 22.4 Å². The minimum absolute atomic E-state index is 0.270. The van der Waals surface area contributed by atoms with Crippen LogP contribution in [0, 0.1) is 10.8 Å². The molecule has 0 atom stereocenters. The van der Waals surface area contributed by atoms with Crippen molar-refractivity contribution in [1.29, 1.82) is 0 Å². The van der Waals surface area contributed by atoms with Crippen molar-refractivity contribution in [2.24, 2.45) is 10.8 Å². The number of fused-ring (bicyclic) bond motifs is 2. The van der Waals surface area contributed by atoms with Crippen LogP contribution in [0.15, 0.2) is 22.4 Å². The van der Waals surface area contributed by atoms with Gasteiger partial charge in [-0.25, -0.2) is 0 Å². The highest BCUT2D eigenvalue weighted by Gasteiger charge is 2.53. The van der Waals surface area contributed by atoms with Gasteiger partial charge >= 0.3 is 0 Å². The maximum atomic E-state index is 2.51. The lowest BCUT2D eigenvalue weighted by Gasteiger charge is -2.30. The molecule has 2 fully saturated rings. The molecular formula is C19H31NS. The van der Waals surface area contributed by atoms with Crippen LogP contribution >= 0.6 is 11.9 Å². The number of likely N-dealkylation sites (N-methyl/N-ethyl adjacent to an activating group) is 1. The second-order valence-electron chi connectivity index (χ2n) is 9.15. The lowest BCUT2D eigenvalue weighted by molar-refractivity contribution is 0.450. The lowest BCUT2D eigenvalue weighted by atomic mass is 9.78. The van der Waals surface area contributed by atoms with Crippen molar-refractivity contribution in [3.63, 3.8) is 0 Å². The molecule has 0 bridgehead atoms. The lowest BCUT2D eigenvalue weighted by Crippen LogP contribution is -2.23. The molecule has 0 aromatic rings. The van der Waals surface area contributed by atoms with Crippen molar-refractivity contribution in [2.75, 3.05) is 7.05 Å². The summed E-state index contributed by atoms with van der Waals surface area (Å²) in [5.74, 6) is 0. The summed E-state index contributed by atoms with van der Waals surface area (Å²) in [7, 11) is 2.30. The number of hydrogen-bond acceptors (Lipinski definition) is 2. The van der Waals surface area contributed by atoms with Crippen molar-refractivity contribution in [2.45, 2.75) is 78.4 Å². The molecule has 1 saturated heterocycles. The maximum absolute atomic E-state index is 2.51. The monoisotopic (exact) mass is 305 g/mol. The van der Waals surface area contributed by atoms with Gasteiger partial charge in [0.15, 0.2) is 0 Å². The Labute approximate surface area is 135 Å². The molecule has 1 nitrogen and oxygen atoms in total. The summed E-state index contributed by atoms with van der Waals surface area (Å²) in [4.78, 5) is 0. The molecule has 0 amide bonds. The Balaban J connectivity index is 2.20.